The number of halogens is 1. The first-order valence-corrected chi connectivity index (χ1v) is 5.41. The minimum atomic E-state index is 0.0273. The number of anilines is 1. The fraction of sp³-hybridized carbons (Fsp3) is 0.333. The van der Waals surface area contributed by atoms with Crippen molar-refractivity contribution in [3.8, 4) is 0 Å². The predicted molar refractivity (Wildman–Crippen MR) is 62.3 cm³/mol. The van der Waals surface area contributed by atoms with Gasteiger partial charge in [-0.05, 0) is 34.7 Å². The summed E-state index contributed by atoms with van der Waals surface area (Å²) in [5, 5.41) is 0. The Kier molecular flexibility index (Phi) is 2.58. The first kappa shape index (κ1) is 9.70. The van der Waals surface area contributed by atoms with Crippen molar-refractivity contribution in [1.82, 2.24) is 9.88 Å². The Balaban J connectivity index is 2.28. The standard InChI is InChI=1S/C9H10IN3O/c1-12-5-6-13(9(12)14)8-4-2-3-7(10)11-8/h2-4H,5-6H2,1H3. The van der Waals surface area contributed by atoms with Gasteiger partial charge in [-0.3, -0.25) is 4.90 Å². The largest absolute Gasteiger partial charge is 0.326 e. The summed E-state index contributed by atoms with van der Waals surface area (Å²) in [6.45, 7) is 1.49. The number of carbonyl (C=O) groups excluding carboxylic acids is 1. The molecule has 1 aromatic rings. The molecule has 1 aromatic heterocycles. The van der Waals surface area contributed by atoms with Crippen LogP contribution < -0.4 is 4.90 Å². The molecule has 5 heteroatoms. The van der Waals surface area contributed by atoms with Gasteiger partial charge in [-0.2, -0.15) is 0 Å². The summed E-state index contributed by atoms with van der Waals surface area (Å²) in [6, 6.07) is 5.71. The number of nitrogens with zero attached hydrogens (tertiary/aromatic N) is 3. The summed E-state index contributed by atoms with van der Waals surface area (Å²) in [5.74, 6) is 0.742. The van der Waals surface area contributed by atoms with Gasteiger partial charge < -0.3 is 4.90 Å². The molecule has 74 valence electrons. The van der Waals surface area contributed by atoms with Crippen molar-refractivity contribution < 1.29 is 4.79 Å². The Morgan fingerprint density at radius 1 is 1.43 bits per heavy atom. The van der Waals surface area contributed by atoms with Crippen molar-refractivity contribution in [2.75, 3.05) is 25.0 Å². The molecule has 0 aromatic carbocycles. The first-order chi connectivity index (χ1) is 6.68. The Morgan fingerprint density at radius 2 is 2.21 bits per heavy atom. The molecule has 1 fully saturated rings. The van der Waals surface area contributed by atoms with Crippen molar-refractivity contribution in [1.29, 1.82) is 0 Å². The van der Waals surface area contributed by atoms with E-state index in [-0.39, 0.29) is 6.03 Å². The minimum Gasteiger partial charge on any atom is -0.326 e. The highest BCUT2D eigenvalue weighted by atomic mass is 127. The summed E-state index contributed by atoms with van der Waals surface area (Å²) in [7, 11) is 1.80. The maximum Gasteiger partial charge on any atom is 0.325 e. The fourth-order valence-electron chi connectivity index (χ4n) is 1.41. The predicted octanol–water partition coefficient (Wildman–Crippen LogP) is 1.56. The molecule has 0 unspecified atom stereocenters. The fourth-order valence-corrected chi connectivity index (χ4v) is 1.86. The second-order valence-corrected chi connectivity index (χ2v) is 4.28. The van der Waals surface area contributed by atoms with E-state index in [1.54, 1.807) is 16.8 Å². The molecule has 2 heterocycles. The van der Waals surface area contributed by atoms with E-state index in [1.807, 2.05) is 18.2 Å². The van der Waals surface area contributed by atoms with Gasteiger partial charge in [0.05, 0.1) is 0 Å². The van der Waals surface area contributed by atoms with Crippen molar-refractivity contribution in [2.24, 2.45) is 0 Å². The van der Waals surface area contributed by atoms with E-state index < -0.39 is 0 Å². The minimum absolute atomic E-state index is 0.0273. The number of likely N-dealkylation sites (N-methyl/N-ethyl adjacent to an activating group) is 1. The van der Waals surface area contributed by atoms with Gasteiger partial charge in [0, 0.05) is 20.1 Å². The van der Waals surface area contributed by atoms with Gasteiger partial charge in [0.15, 0.2) is 0 Å². The highest BCUT2D eigenvalue weighted by molar-refractivity contribution is 14.1. The van der Waals surface area contributed by atoms with E-state index in [9.17, 15) is 4.79 Å². The topological polar surface area (TPSA) is 36.4 Å². The van der Waals surface area contributed by atoms with Crippen molar-refractivity contribution in [2.45, 2.75) is 0 Å². The van der Waals surface area contributed by atoms with Crippen molar-refractivity contribution >= 4 is 34.4 Å². The second-order valence-electron chi connectivity index (χ2n) is 3.17. The van der Waals surface area contributed by atoms with Gasteiger partial charge in [-0.25, -0.2) is 9.78 Å². The Labute approximate surface area is 96.0 Å². The molecule has 0 bridgehead atoms. The van der Waals surface area contributed by atoms with Crippen molar-refractivity contribution in [3.05, 3.63) is 21.9 Å². The van der Waals surface area contributed by atoms with E-state index >= 15 is 0 Å². The van der Waals surface area contributed by atoms with E-state index in [1.165, 1.54) is 0 Å². The number of hydrogen-bond acceptors (Lipinski definition) is 2. The number of amides is 2. The molecule has 0 aliphatic carbocycles. The van der Waals surface area contributed by atoms with Crippen LogP contribution in [0.1, 0.15) is 0 Å². The molecule has 1 aliphatic heterocycles. The maximum absolute atomic E-state index is 11.6. The molecule has 4 nitrogen and oxygen atoms in total. The molecule has 1 saturated heterocycles. The molecule has 2 rings (SSSR count). The molecule has 0 spiro atoms. The van der Waals surface area contributed by atoms with Crippen LogP contribution in [0.2, 0.25) is 0 Å². The summed E-state index contributed by atoms with van der Waals surface area (Å²) in [4.78, 5) is 19.3. The van der Waals surface area contributed by atoms with Gasteiger partial charge in [0.25, 0.3) is 0 Å². The molecule has 0 N–H and O–H groups in total. The van der Waals surface area contributed by atoms with Gasteiger partial charge in [-0.15, -0.1) is 0 Å². The Morgan fingerprint density at radius 3 is 2.79 bits per heavy atom. The molecule has 1 aliphatic rings. The summed E-state index contributed by atoms with van der Waals surface area (Å²) >= 11 is 2.14. The third-order valence-corrected chi connectivity index (χ3v) is 2.79. The number of pyridine rings is 1. The van der Waals surface area contributed by atoms with Gasteiger partial charge in [0.1, 0.15) is 9.52 Å². The lowest BCUT2D eigenvalue weighted by atomic mass is 10.4. The smallest absolute Gasteiger partial charge is 0.325 e. The number of urea groups is 1. The quantitative estimate of drug-likeness (QED) is 0.583. The van der Waals surface area contributed by atoms with E-state index in [2.05, 4.69) is 27.6 Å². The molecular weight excluding hydrogens is 293 g/mol. The zero-order valence-corrected chi connectivity index (χ0v) is 9.93. The molecule has 2 amide bonds. The zero-order chi connectivity index (χ0) is 10.1. The Hall–Kier alpha value is -0.850. The van der Waals surface area contributed by atoms with Gasteiger partial charge >= 0.3 is 6.03 Å². The van der Waals surface area contributed by atoms with Gasteiger partial charge in [-0.1, -0.05) is 6.07 Å². The lowest BCUT2D eigenvalue weighted by Crippen LogP contribution is -2.29. The van der Waals surface area contributed by atoms with Crippen LogP contribution in [-0.4, -0.2) is 36.1 Å². The number of carbonyl (C=O) groups is 1. The maximum atomic E-state index is 11.6. The van der Waals surface area contributed by atoms with Crippen LogP contribution in [0.5, 0.6) is 0 Å². The average Bonchev–Trinajstić information content (AvgIpc) is 2.48. The normalized spacial score (nSPS) is 16.6. The summed E-state index contributed by atoms with van der Waals surface area (Å²) in [5.41, 5.74) is 0. The van der Waals surface area contributed by atoms with E-state index in [0.29, 0.717) is 0 Å². The first-order valence-electron chi connectivity index (χ1n) is 4.33. The number of hydrogen-bond donors (Lipinski definition) is 0. The summed E-state index contributed by atoms with van der Waals surface area (Å²) < 4.78 is 0.905. The second kappa shape index (κ2) is 3.72. The monoisotopic (exact) mass is 303 g/mol. The number of rotatable bonds is 1. The van der Waals surface area contributed by atoms with E-state index in [0.717, 1.165) is 22.6 Å². The van der Waals surface area contributed by atoms with Crippen LogP contribution in [0.3, 0.4) is 0 Å². The molecule has 0 saturated carbocycles. The lowest BCUT2D eigenvalue weighted by molar-refractivity contribution is 0.229. The van der Waals surface area contributed by atoms with Crippen LogP contribution in [0, 0.1) is 3.70 Å². The molecular formula is C9H10IN3O. The van der Waals surface area contributed by atoms with Crippen molar-refractivity contribution in [3.63, 3.8) is 0 Å². The van der Waals surface area contributed by atoms with Crippen LogP contribution in [0.4, 0.5) is 10.6 Å². The highest BCUT2D eigenvalue weighted by Crippen LogP contribution is 2.17. The van der Waals surface area contributed by atoms with Crippen LogP contribution in [-0.2, 0) is 0 Å². The van der Waals surface area contributed by atoms with Crippen LogP contribution >= 0.6 is 22.6 Å². The SMILES string of the molecule is CN1CCN(c2cccc(I)n2)C1=O. The van der Waals surface area contributed by atoms with Crippen LogP contribution in [0.25, 0.3) is 0 Å². The van der Waals surface area contributed by atoms with Gasteiger partial charge in [0.2, 0.25) is 0 Å². The average molecular weight is 303 g/mol. The molecule has 0 atom stereocenters. The summed E-state index contributed by atoms with van der Waals surface area (Å²) in [6.07, 6.45) is 0. The lowest BCUT2D eigenvalue weighted by Gasteiger charge is -2.14. The third-order valence-electron chi connectivity index (χ3n) is 2.19. The number of aromatic nitrogens is 1. The highest BCUT2D eigenvalue weighted by Gasteiger charge is 2.27. The van der Waals surface area contributed by atoms with Crippen LogP contribution in [0.15, 0.2) is 18.2 Å². The zero-order valence-electron chi connectivity index (χ0n) is 7.77. The third kappa shape index (κ3) is 1.68. The van der Waals surface area contributed by atoms with E-state index in [4.69, 9.17) is 0 Å². The Bertz CT molecular complexity index is 369. The molecule has 14 heavy (non-hydrogen) atoms. The molecule has 0 radical (unpaired) electrons.